The molecule has 0 heterocycles. The van der Waals surface area contributed by atoms with E-state index in [9.17, 15) is 0 Å². The van der Waals surface area contributed by atoms with Crippen molar-refractivity contribution >= 4 is 0 Å². The molecule has 1 N–H and O–H groups in total. The topological polar surface area (TPSA) is 33.7 Å². The van der Waals surface area contributed by atoms with Gasteiger partial charge in [0.1, 0.15) is 5.75 Å². The van der Waals surface area contributed by atoms with Crippen LogP contribution in [0.25, 0.3) is 0 Å². The molecule has 0 aliphatic heterocycles. The summed E-state index contributed by atoms with van der Waals surface area (Å²) in [6.07, 6.45) is 0. The van der Waals surface area contributed by atoms with E-state index in [0.717, 1.165) is 24.4 Å². The Bertz CT molecular complexity index is 421. The largest absolute Gasteiger partial charge is 0.496 e. The number of ether oxygens (including phenoxy) is 2. The summed E-state index contributed by atoms with van der Waals surface area (Å²) in [7, 11) is 5.55. The summed E-state index contributed by atoms with van der Waals surface area (Å²) in [4.78, 5) is 2.34. The molecular weight excluding hydrogens is 264 g/mol. The molecule has 1 aromatic rings. The Morgan fingerprint density at radius 1 is 1.19 bits per heavy atom. The number of likely N-dealkylation sites (N-methyl/N-ethyl adjacent to an activating group) is 1. The molecule has 0 aromatic heterocycles. The first-order valence-corrected chi connectivity index (χ1v) is 7.59. The lowest BCUT2D eigenvalue weighted by atomic mass is 10.0. The molecule has 120 valence electrons. The Balaban J connectivity index is 2.61. The van der Waals surface area contributed by atoms with Crippen LogP contribution in [0.5, 0.6) is 5.75 Å². The van der Waals surface area contributed by atoms with Gasteiger partial charge in [0.05, 0.1) is 13.7 Å². The lowest BCUT2D eigenvalue weighted by Crippen LogP contribution is -2.34. The van der Waals surface area contributed by atoms with Crippen molar-refractivity contribution in [1.82, 2.24) is 10.2 Å². The van der Waals surface area contributed by atoms with Crippen molar-refractivity contribution in [3.63, 3.8) is 0 Å². The first-order chi connectivity index (χ1) is 9.99. The zero-order chi connectivity index (χ0) is 15.8. The highest BCUT2D eigenvalue weighted by atomic mass is 16.5. The van der Waals surface area contributed by atoms with Gasteiger partial charge < -0.3 is 19.7 Å². The first kappa shape index (κ1) is 18.0. The lowest BCUT2D eigenvalue weighted by molar-refractivity contribution is 0.181. The van der Waals surface area contributed by atoms with Crippen LogP contribution in [0.15, 0.2) is 18.2 Å². The van der Waals surface area contributed by atoms with Crippen molar-refractivity contribution in [2.75, 3.05) is 34.4 Å². The van der Waals surface area contributed by atoms with Gasteiger partial charge in [-0.25, -0.2) is 0 Å². The maximum atomic E-state index is 5.36. The van der Waals surface area contributed by atoms with E-state index in [1.165, 1.54) is 5.56 Å². The number of rotatable bonds is 9. The molecule has 1 atom stereocenters. The Hall–Kier alpha value is -1.10. The zero-order valence-electron chi connectivity index (χ0n) is 14.3. The highest BCUT2D eigenvalue weighted by Crippen LogP contribution is 2.23. The fourth-order valence-corrected chi connectivity index (χ4v) is 2.17. The van der Waals surface area contributed by atoms with Crippen LogP contribution in [-0.2, 0) is 11.3 Å². The zero-order valence-corrected chi connectivity index (χ0v) is 14.3. The van der Waals surface area contributed by atoms with Crippen LogP contribution in [0.3, 0.4) is 0 Å². The monoisotopic (exact) mass is 294 g/mol. The summed E-state index contributed by atoms with van der Waals surface area (Å²) >= 11 is 0. The standard InChI is InChI=1S/C17H30N2O2/c1-13(2)19(4)10-9-18-14(3)15-7-8-17(21-6)16(11-15)12-20-5/h7-8,11,13-14,18H,9-10,12H2,1-6H3. The highest BCUT2D eigenvalue weighted by molar-refractivity contribution is 5.38. The summed E-state index contributed by atoms with van der Waals surface area (Å²) in [6, 6.07) is 7.18. The Morgan fingerprint density at radius 3 is 2.48 bits per heavy atom. The van der Waals surface area contributed by atoms with E-state index >= 15 is 0 Å². The van der Waals surface area contributed by atoms with Gasteiger partial charge in [0.15, 0.2) is 0 Å². The number of hydrogen-bond acceptors (Lipinski definition) is 4. The predicted molar refractivity (Wildman–Crippen MR) is 87.9 cm³/mol. The van der Waals surface area contributed by atoms with Gasteiger partial charge in [-0.15, -0.1) is 0 Å². The van der Waals surface area contributed by atoms with E-state index in [4.69, 9.17) is 9.47 Å². The third-order valence-corrected chi connectivity index (χ3v) is 3.90. The maximum Gasteiger partial charge on any atom is 0.124 e. The molecule has 0 spiro atoms. The molecule has 0 saturated carbocycles. The van der Waals surface area contributed by atoms with Gasteiger partial charge in [0.25, 0.3) is 0 Å². The van der Waals surface area contributed by atoms with Crippen LogP contribution in [0.4, 0.5) is 0 Å². The van der Waals surface area contributed by atoms with Crippen molar-refractivity contribution < 1.29 is 9.47 Å². The van der Waals surface area contributed by atoms with Gasteiger partial charge in [0.2, 0.25) is 0 Å². The fraction of sp³-hybridized carbons (Fsp3) is 0.647. The number of methoxy groups -OCH3 is 2. The number of nitrogens with zero attached hydrogens (tertiary/aromatic N) is 1. The minimum Gasteiger partial charge on any atom is -0.496 e. The molecule has 0 aliphatic carbocycles. The second-order valence-corrected chi connectivity index (χ2v) is 5.75. The molecular formula is C17H30N2O2. The summed E-state index contributed by atoms with van der Waals surface area (Å²) in [6.45, 7) is 9.20. The molecule has 4 nitrogen and oxygen atoms in total. The van der Waals surface area contributed by atoms with Crippen molar-refractivity contribution in [3.05, 3.63) is 29.3 Å². The van der Waals surface area contributed by atoms with E-state index in [1.54, 1.807) is 14.2 Å². The summed E-state index contributed by atoms with van der Waals surface area (Å²) < 4.78 is 10.6. The molecule has 0 fully saturated rings. The number of hydrogen-bond donors (Lipinski definition) is 1. The Kier molecular flexibility index (Phi) is 7.72. The minimum atomic E-state index is 0.312. The Labute approximate surface area is 129 Å². The van der Waals surface area contributed by atoms with Gasteiger partial charge in [-0.2, -0.15) is 0 Å². The highest BCUT2D eigenvalue weighted by Gasteiger charge is 2.10. The van der Waals surface area contributed by atoms with Gasteiger partial charge in [-0.1, -0.05) is 6.07 Å². The normalized spacial score (nSPS) is 13.0. The van der Waals surface area contributed by atoms with E-state index in [2.05, 4.69) is 50.2 Å². The van der Waals surface area contributed by atoms with Crippen molar-refractivity contribution in [2.45, 2.75) is 39.5 Å². The average molecular weight is 294 g/mol. The summed E-state index contributed by atoms with van der Waals surface area (Å²) in [5, 5.41) is 3.57. The van der Waals surface area contributed by atoms with E-state index in [0.29, 0.717) is 18.7 Å². The molecule has 1 rings (SSSR count). The molecule has 21 heavy (non-hydrogen) atoms. The molecule has 1 unspecified atom stereocenters. The van der Waals surface area contributed by atoms with Gasteiger partial charge in [-0.3, -0.25) is 0 Å². The summed E-state index contributed by atoms with van der Waals surface area (Å²) in [5.74, 6) is 0.882. The van der Waals surface area contributed by atoms with Gasteiger partial charge in [-0.05, 0) is 45.5 Å². The van der Waals surface area contributed by atoms with Crippen LogP contribution >= 0.6 is 0 Å². The van der Waals surface area contributed by atoms with Gasteiger partial charge >= 0.3 is 0 Å². The average Bonchev–Trinajstić information content (AvgIpc) is 2.47. The minimum absolute atomic E-state index is 0.312. The van der Waals surface area contributed by atoms with Crippen LogP contribution in [0, 0.1) is 0 Å². The van der Waals surface area contributed by atoms with Crippen molar-refractivity contribution in [2.24, 2.45) is 0 Å². The van der Waals surface area contributed by atoms with Crippen molar-refractivity contribution in [1.29, 1.82) is 0 Å². The Morgan fingerprint density at radius 2 is 1.90 bits per heavy atom. The lowest BCUT2D eigenvalue weighted by Gasteiger charge is -2.23. The smallest absolute Gasteiger partial charge is 0.124 e. The number of benzene rings is 1. The molecule has 0 saturated heterocycles. The van der Waals surface area contributed by atoms with Crippen LogP contribution in [0.1, 0.15) is 37.9 Å². The molecule has 0 aliphatic rings. The number of nitrogens with one attached hydrogen (secondary N) is 1. The van der Waals surface area contributed by atoms with Crippen LogP contribution in [-0.4, -0.2) is 45.3 Å². The van der Waals surface area contributed by atoms with Crippen LogP contribution in [0.2, 0.25) is 0 Å². The third-order valence-electron chi connectivity index (χ3n) is 3.90. The van der Waals surface area contributed by atoms with E-state index < -0.39 is 0 Å². The second kappa shape index (κ2) is 9.03. The quantitative estimate of drug-likeness (QED) is 0.759. The van der Waals surface area contributed by atoms with Crippen molar-refractivity contribution in [3.8, 4) is 5.75 Å². The fourth-order valence-electron chi connectivity index (χ4n) is 2.17. The molecule has 0 radical (unpaired) electrons. The predicted octanol–water partition coefficient (Wildman–Crippen LogP) is 2.83. The maximum absolute atomic E-state index is 5.36. The molecule has 0 amide bonds. The van der Waals surface area contributed by atoms with E-state index in [1.807, 2.05) is 6.07 Å². The van der Waals surface area contributed by atoms with E-state index in [-0.39, 0.29) is 0 Å². The van der Waals surface area contributed by atoms with Crippen LogP contribution < -0.4 is 10.1 Å². The third kappa shape index (κ3) is 5.65. The molecule has 0 bridgehead atoms. The summed E-state index contributed by atoms with van der Waals surface area (Å²) in [5.41, 5.74) is 2.35. The molecule has 4 heteroatoms. The SMILES string of the molecule is COCc1cc(C(C)NCCN(C)C(C)C)ccc1OC. The first-order valence-electron chi connectivity index (χ1n) is 7.59. The molecule has 1 aromatic carbocycles. The van der Waals surface area contributed by atoms with Gasteiger partial charge in [0, 0.05) is 37.8 Å². The second-order valence-electron chi connectivity index (χ2n) is 5.75.